The monoisotopic (exact) mass is 606 g/mol. The van der Waals surface area contributed by atoms with Gasteiger partial charge in [-0.25, -0.2) is 9.78 Å². The van der Waals surface area contributed by atoms with Crippen molar-refractivity contribution in [2.24, 2.45) is 5.92 Å². The van der Waals surface area contributed by atoms with E-state index in [0.29, 0.717) is 40.6 Å². The highest BCUT2D eigenvalue weighted by atomic mass is 16.5. The van der Waals surface area contributed by atoms with Crippen LogP contribution in [0.5, 0.6) is 11.5 Å². The number of carbonyl (C=O) groups excluding carboxylic acids is 4. The first kappa shape index (κ1) is 29.3. The predicted molar refractivity (Wildman–Crippen MR) is 164 cm³/mol. The number of nitrogens with zero attached hydrogens (tertiary/aromatic N) is 3. The Bertz CT molecular complexity index is 1830. The van der Waals surface area contributed by atoms with Gasteiger partial charge in [-0.3, -0.25) is 24.8 Å². The summed E-state index contributed by atoms with van der Waals surface area (Å²) in [7, 11) is 1.53. The highest BCUT2D eigenvalue weighted by Gasteiger charge is 2.47. The molecular weight excluding hydrogens is 576 g/mol. The van der Waals surface area contributed by atoms with E-state index in [1.54, 1.807) is 62.7 Å². The normalized spacial score (nSPS) is 17.5. The third-order valence-electron chi connectivity index (χ3n) is 7.68. The maximum atomic E-state index is 13.2. The fraction of sp³-hybridized carbons (Fsp3) is 0.212. The molecule has 0 radical (unpaired) electrons. The zero-order valence-electron chi connectivity index (χ0n) is 24.8. The van der Waals surface area contributed by atoms with Gasteiger partial charge in [-0.1, -0.05) is 50.3 Å². The van der Waals surface area contributed by atoms with Crippen molar-refractivity contribution >= 4 is 29.9 Å². The average molecular weight is 607 g/mol. The molecule has 0 saturated carbocycles. The zero-order chi connectivity index (χ0) is 31.7. The molecule has 2 aromatic carbocycles. The summed E-state index contributed by atoms with van der Waals surface area (Å²) >= 11 is 0. The molecule has 2 aromatic heterocycles. The largest absolute Gasteiger partial charge is 0.497 e. The lowest BCUT2D eigenvalue weighted by atomic mass is 9.96. The van der Waals surface area contributed by atoms with Crippen molar-refractivity contribution in [3.05, 3.63) is 89.8 Å². The molecule has 228 valence electrons. The van der Waals surface area contributed by atoms with Crippen LogP contribution in [-0.4, -0.2) is 63.1 Å². The molecule has 2 aliphatic heterocycles. The number of fused-ring (bicyclic) bond motifs is 1. The van der Waals surface area contributed by atoms with Crippen molar-refractivity contribution in [1.29, 1.82) is 0 Å². The summed E-state index contributed by atoms with van der Waals surface area (Å²) in [6, 6.07) is 15.4. The molecule has 0 bridgehead atoms. The van der Waals surface area contributed by atoms with Gasteiger partial charge < -0.3 is 19.7 Å². The predicted octanol–water partition coefficient (Wildman–Crippen LogP) is 3.96. The van der Waals surface area contributed by atoms with Gasteiger partial charge >= 0.3 is 12.0 Å². The van der Waals surface area contributed by atoms with E-state index in [2.05, 4.69) is 20.8 Å². The van der Waals surface area contributed by atoms with Crippen LogP contribution in [-0.2, 0) is 16.1 Å². The molecule has 12 nitrogen and oxygen atoms in total. The number of hydrogen-bond acceptors (Lipinski definition) is 8. The first-order valence-electron chi connectivity index (χ1n) is 14.3. The molecule has 1 saturated heterocycles. The lowest BCUT2D eigenvalue weighted by Gasteiger charge is -2.28. The maximum absolute atomic E-state index is 13.2. The lowest BCUT2D eigenvalue weighted by molar-refractivity contribution is -0.137. The van der Waals surface area contributed by atoms with Gasteiger partial charge in [0.25, 0.3) is 11.8 Å². The molecule has 0 spiro atoms. The number of urea groups is 1. The number of nitrogens with one attached hydrogen (secondary N) is 3. The Kier molecular flexibility index (Phi) is 7.63. The molecule has 0 unspecified atom stereocenters. The van der Waals surface area contributed by atoms with Gasteiger partial charge in [0.05, 0.1) is 31.5 Å². The van der Waals surface area contributed by atoms with E-state index in [9.17, 15) is 19.2 Å². The molecule has 4 amide bonds. The molecular formula is C33H30N6O6. The number of aromatic amines is 1. The number of carbonyl (C=O) groups is 4. The SMILES string of the molecule is COc1ccc2c(c1)C(=O)N(C[C@@]1(/C=C/c3ccc(-c4nc(-c5cn[nH]c5)ccc4OC(=O)C(C)C)cc3)NC(=O)NC1=O)C2. The fourth-order valence-electron chi connectivity index (χ4n) is 5.19. The third-order valence-corrected chi connectivity index (χ3v) is 7.68. The van der Waals surface area contributed by atoms with Crippen LogP contribution in [0.4, 0.5) is 4.79 Å². The van der Waals surface area contributed by atoms with Crippen molar-refractivity contribution < 1.29 is 28.7 Å². The second-order valence-corrected chi connectivity index (χ2v) is 11.1. The van der Waals surface area contributed by atoms with Crippen LogP contribution in [0.2, 0.25) is 0 Å². The quantitative estimate of drug-likeness (QED) is 0.191. The highest BCUT2D eigenvalue weighted by Crippen LogP contribution is 2.33. The number of aromatic nitrogens is 3. The van der Waals surface area contributed by atoms with E-state index in [0.717, 1.165) is 16.7 Å². The molecule has 45 heavy (non-hydrogen) atoms. The lowest BCUT2D eigenvalue weighted by Crippen LogP contribution is -2.53. The Balaban J connectivity index is 1.27. The molecule has 4 heterocycles. The standard InChI is InChI=1S/C33H30N6O6/c1-19(2)30(41)45-27-11-10-26(23-15-34-35-16-23)36-28(27)21-6-4-20(5-7-21)12-13-33(31(42)37-32(43)38-33)18-39-17-22-8-9-24(44-3)14-25(22)29(39)40/h4-16,19H,17-18H2,1-3H3,(H,34,35)(H2,37,38,42,43)/b13-12+/t33-/m1/s1. The van der Waals surface area contributed by atoms with E-state index < -0.39 is 17.5 Å². The average Bonchev–Trinajstić information content (AvgIpc) is 3.75. The van der Waals surface area contributed by atoms with Crippen LogP contribution >= 0.6 is 0 Å². The van der Waals surface area contributed by atoms with Crippen LogP contribution in [0.25, 0.3) is 28.6 Å². The Hall–Kier alpha value is -5.78. The first-order chi connectivity index (χ1) is 21.7. The van der Waals surface area contributed by atoms with Gasteiger partial charge in [0, 0.05) is 29.4 Å². The Morgan fingerprint density at radius 3 is 2.53 bits per heavy atom. The van der Waals surface area contributed by atoms with Gasteiger partial charge in [0.1, 0.15) is 11.4 Å². The zero-order valence-corrected chi connectivity index (χ0v) is 24.8. The number of amides is 4. The summed E-state index contributed by atoms with van der Waals surface area (Å²) in [6.07, 6.45) is 6.67. The van der Waals surface area contributed by atoms with Gasteiger partial charge in [-0.2, -0.15) is 5.10 Å². The number of H-pyrrole nitrogens is 1. The van der Waals surface area contributed by atoms with Crippen molar-refractivity contribution in [1.82, 2.24) is 30.7 Å². The summed E-state index contributed by atoms with van der Waals surface area (Å²) in [5.74, 6) is -0.639. The molecule has 2 aliphatic rings. The smallest absolute Gasteiger partial charge is 0.322 e. The minimum atomic E-state index is -1.48. The molecule has 12 heteroatoms. The summed E-state index contributed by atoms with van der Waals surface area (Å²) in [5.41, 5.74) is 3.15. The van der Waals surface area contributed by atoms with Gasteiger partial charge in [0.15, 0.2) is 11.3 Å². The van der Waals surface area contributed by atoms with E-state index in [-0.39, 0.29) is 24.3 Å². The second-order valence-electron chi connectivity index (χ2n) is 11.1. The maximum Gasteiger partial charge on any atom is 0.322 e. The Labute approximate surface area is 258 Å². The Morgan fingerprint density at radius 1 is 1.07 bits per heavy atom. The van der Waals surface area contributed by atoms with Crippen molar-refractivity contribution in [3.63, 3.8) is 0 Å². The van der Waals surface area contributed by atoms with Crippen LogP contribution in [0.1, 0.15) is 35.3 Å². The number of methoxy groups -OCH3 is 1. The van der Waals surface area contributed by atoms with Gasteiger partial charge in [0.2, 0.25) is 0 Å². The van der Waals surface area contributed by atoms with Crippen LogP contribution < -0.4 is 20.1 Å². The number of imide groups is 1. The number of ether oxygens (including phenoxy) is 2. The van der Waals surface area contributed by atoms with Crippen molar-refractivity contribution in [3.8, 4) is 34.0 Å². The molecule has 4 aromatic rings. The summed E-state index contributed by atoms with van der Waals surface area (Å²) in [4.78, 5) is 57.3. The van der Waals surface area contributed by atoms with Crippen LogP contribution in [0.15, 0.2) is 73.1 Å². The molecule has 6 rings (SSSR count). The highest BCUT2D eigenvalue weighted by molar-refractivity contribution is 6.09. The van der Waals surface area contributed by atoms with Crippen LogP contribution in [0.3, 0.4) is 0 Å². The number of hydrogen-bond donors (Lipinski definition) is 3. The molecule has 1 fully saturated rings. The van der Waals surface area contributed by atoms with E-state index in [4.69, 9.17) is 14.5 Å². The van der Waals surface area contributed by atoms with Crippen molar-refractivity contribution in [2.75, 3.05) is 13.7 Å². The summed E-state index contributed by atoms with van der Waals surface area (Å²) in [5, 5.41) is 11.8. The topological polar surface area (TPSA) is 156 Å². The number of benzene rings is 2. The number of pyridine rings is 1. The van der Waals surface area contributed by atoms with Crippen LogP contribution in [0, 0.1) is 5.92 Å². The van der Waals surface area contributed by atoms with E-state index in [1.807, 2.05) is 30.3 Å². The number of rotatable bonds is 9. The van der Waals surface area contributed by atoms with E-state index in [1.165, 1.54) is 12.0 Å². The fourth-order valence-corrected chi connectivity index (χ4v) is 5.19. The van der Waals surface area contributed by atoms with Gasteiger partial charge in [-0.15, -0.1) is 0 Å². The van der Waals surface area contributed by atoms with Gasteiger partial charge in [-0.05, 0) is 41.5 Å². The molecule has 0 aliphatic carbocycles. The minimum absolute atomic E-state index is 0.0652. The Morgan fingerprint density at radius 2 is 1.87 bits per heavy atom. The second kappa shape index (κ2) is 11.7. The minimum Gasteiger partial charge on any atom is -0.497 e. The third kappa shape index (κ3) is 5.77. The first-order valence-corrected chi connectivity index (χ1v) is 14.3. The van der Waals surface area contributed by atoms with Crippen molar-refractivity contribution in [2.45, 2.75) is 25.9 Å². The molecule has 3 N–H and O–H groups in total. The summed E-state index contributed by atoms with van der Waals surface area (Å²) in [6.45, 7) is 3.74. The number of esters is 1. The summed E-state index contributed by atoms with van der Waals surface area (Å²) < 4.78 is 10.9. The van der Waals surface area contributed by atoms with E-state index >= 15 is 0 Å². The molecule has 1 atom stereocenters.